The molecule has 2 aromatic heterocycles. The zero-order chi connectivity index (χ0) is 11.1. The molecule has 0 aliphatic rings. The van der Waals surface area contributed by atoms with Crippen molar-refractivity contribution in [3.05, 3.63) is 35.2 Å². The van der Waals surface area contributed by atoms with Gasteiger partial charge in [-0.05, 0) is 39.0 Å². The van der Waals surface area contributed by atoms with Crippen LogP contribution in [0, 0.1) is 4.64 Å². The maximum absolute atomic E-state index is 5.46. The van der Waals surface area contributed by atoms with Gasteiger partial charge in [-0.2, -0.15) is 0 Å². The monoisotopic (exact) mass is 218 g/mol. The van der Waals surface area contributed by atoms with Gasteiger partial charge in [-0.25, -0.2) is 0 Å². The van der Waals surface area contributed by atoms with Crippen molar-refractivity contribution in [1.82, 2.24) is 9.55 Å². The zero-order valence-corrected chi connectivity index (χ0v) is 10.0. The van der Waals surface area contributed by atoms with E-state index in [1.807, 2.05) is 24.4 Å². The molecule has 3 heteroatoms. The molecule has 0 spiro atoms. The molecule has 0 amide bonds. The van der Waals surface area contributed by atoms with Crippen LogP contribution in [0.1, 0.15) is 20.8 Å². The van der Waals surface area contributed by atoms with Gasteiger partial charge in [0, 0.05) is 23.3 Å². The smallest absolute Gasteiger partial charge is 0.115 e. The first-order valence-electron chi connectivity index (χ1n) is 4.97. The molecule has 0 atom stereocenters. The Bertz CT molecular complexity index is 549. The van der Waals surface area contributed by atoms with Crippen molar-refractivity contribution in [2.75, 3.05) is 0 Å². The van der Waals surface area contributed by atoms with E-state index in [1.54, 1.807) is 6.20 Å². The summed E-state index contributed by atoms with van der Waals surface area (Å²) in [7, 11) is 0. The SMILES string of the molecule is CC(C)(C)n1ccc2ncccc2c1=S. The Kier molecular flexibility index (Phi) is 2.35. The summed E-state index contributed by atoms with van der Waals surface area (Å²) < 4.78 is 2.96. The minimum absolute atomic E-state index is 0.0150. The van der Waals surface area contributed by atoms with E-state index in [0.29, 0.717) is 0 Å². The van der Waals surface area contributed by atoms with E-state index in [9.17, 15) is 0 Å². The second-order valence-electron chi connectivity index (χ2n) is 4.60. The Morgan fingerprint density at radius 3 is 2.67 bits per heavy atom. The molecule has 0 saturated carbocycles. The molecule has 0 N–H and O–H groups in total. The quantitative estimate of drug-likeness (QED) is 0.630. The van der Waals surface area contributed by atoms with Gasteiger partial charge in [0.15, 0.2) is 0 Å². The van der Waals surface area contributed by atoms with Crippen LogP contribution in [0.3, 0.4) is 0 Å². The molecule has 2 nitrogen and oxygen atoms in total. The number of hydrogen-bond donors (Lipinski definition) is 0. The second kappa shape index (κ2) is 3.42. The standard InChI is InChI=1S/C12H14N2S/c1-12(2,3)14-8-6-10-9(11(14)15)5-4-7-13-10/h4-8H,1-3H3. The van der Waals surface area contributed by atoms with Crippen molar-refractivity contribution in [3.63, 3.8) is 0 Å². The van der Waals surface area contributed by atoms with Crippen LogP contribution in [-0.2, 0) is 5.54 Å². The topological polar surface area (TPSA) is 17.8 Å². The van der Waals surface area contributed by atoms with Gasteiger partial charge in [0.2, 0.25) is 0 Å². The fourth-order valence-electron chi connectivity index (χ4n) is 1.60. The lowest BCUT2D eigenvalue weighted by molar-refractivity contribution is 0.392. The molecule has 2 aromatic rings. The van der Waals surface area contributed by atoms with Crippen molar-refractivity contribution in [2.45, 2.75) is 26.3 Å². The lowest BCUT2D eigenvalue weighted by Crippen LogP contribution is -2.22. The highest BCUT2D eigenvalue weighted by Gasteiger charge is 2.13. The first-order chi connectivity index (χ1) is 7.00. The summed E-state index contributed by atoms with van der Waals surface area (Å²) in [5.41, 5.74) is 0.976. The van der Waals surface area contributed by atoms with E-state index in [-0.39, 0.29) is 5.54 Å². The van der Waals surface area contributed by atoms with E-state index < -0.39 is 0 Å². The predicted octanol–water partition coefficient (Wildman–Crippen LogP) is 3.52. The van der Waals surface area contributed by atoms with Gasteiger partial charge in [0.25, 0.3) is 0 Å². The molecule has 0 aromatic carbocycles. The average molecular weight is 218 g/mol. The van der Waals surface area contributed by atoms with Crippen LogP contribution < -0.4 is 0 Å². The van der Waals surface area contributed by atoms with E-state index in [4.69, 9.17) is 12.2 Å². The maximum Gasteiger partial charge on any atom is 0.115 e. The molecule has 0 bridgehead atoms. The van der Waals surface area contributed by atoms with E-state index >= 15 is 0 Å². The fourth-order valence-corrected chi connectivity index (χ4v) is 2.11. The van der Waals surface area contributed by atoms with E-state index in [1.165, 1.54) is 0 Å². The Morgan fingerprint density at radius 1 is 1.27 bits per heavy atom. The first-order valence-corrected chi connectivity index (χ1v) is 5.38. The summed E-state index contributed by atoms with van der Waals surface area (Å²) in [4.78, 5) is 4.29. The molecule has 78 valence electrons. The van der Waals surface area contributed by atoms with Crippen LogP contribution >= 0.6 is 12.2 Å². The molecule has 2 rings (SSSR count). The molecule has 0 aliphatic carbocycles. The molecule has 0 aliphatic heterocycles. The number of aromatic nitrogens is 2. The van der Waals surface area contributed by atoms with Gasteiger partial charge in [-0.3, -0.25) is 4.98 Å². The maximum atomic E-state index is 5.46. The normalized spacial score (nSPS) is 11.9. The highest BCUT2D eigenvalue weighted by Crippen LogP contribution is 2.19. The molecular formula is C12H14N2S. The van der Waals surface area contributed by atoms with Crippen LogP contribution in [0.5, 0.6) is 0 Å². The third-order valence-electron chi connectivity index (χ3n) is 2.39. The number of nitrogens with zero attached hydrogens (tertiary/aromatic N) is 2. The lowest BCUT2D eigenvalue weighted by atomic mass is 10.1. The van der Waals surface area contributed by atoms with Gasteiger partial charge >= 0.3 is 0 Å². The first kappa shape index (κ1) is 10.3. The molecule has 15 heavy (non-hydrogen) atoms. The molecule has 0 saturated heterocycles. The Hall–Kier alpha value is -1.22. The molecule has 2 heterocycles. The minimum atomic E-state index is 0.0150. The lowest BCUT2D eigenvalue weighted by Gasteiger charge is -2.23. The van der Waals surface area contributed by atoms with Gasteiger partial charge in [0.05, 0.1) is 5.52 Å². The average Bonchev–Trinajstić information content (AvgIpc) is 2.16. The number of pyridine rings is 2. The summed E-state index contributed by atoms with van der Waals surface area (Å²) in [6, 6.07) is 5.95. The Morgan fingerprint density at radius 2 is 2.00 bits per heavy atom. The second-order valence-corrected chi connectivity index (χ2v) is 4.98. The number of rotatable bonds is 0. The molecular weight excluding hydrogens is 204 g/mol. The van der Waals surface area contributed by atoms with Gasteiger partial charge in [-0.1, -0.05) is 12.2 Å². The van der Waals surface area contributed by atoms with Crippen LogP contribution in [0.4, 0.5) is 0 Å². The summed E-state index contributed by atoms with van der Waals surface area (Å²) in [5, 5.41) is 1.05. The Balaban J connectivity index is 2.83. The minimum Gasteiger partial charge on any atom is -0.333 e. The van der Waals surface area contributed by atoms with Crippen LogP contribution in [0.2, 0.25) is 0 Å². The highest BCUT2D eigenvalue weighted by molar-refractivity contribution is 7.71. The van der Waals surface area contributed by atoms with Gasteiger partial charge in [-0.15, -0.1) is 0 Å². The number of hydrogen-bond acceptors (Lipinski definition) is 2. The van der Waals surface area contributed by atoms with Crippen molar-refractivity contribution in [2.24, 2.45) is 0 Å². The van der Waals surface area contributed by atoms with Crippen molar-refractivity contribution >= 4 is 23.1 Å². The summed E-state index contributed by atoms with van der Waals surface area (Å²) in [6.07, 6.45) is 3.80. The summed E-state index contributed by atoms with van der Waals surface area (Å²) >= 11 is 5.46. The van der Waals surface area contributed by atoms with Crippen molar-refractivity contribution in [3.8, 4) is 0 Å². The predicted molar refractivity (Wildman–Crippen MR) is 65.6 cm³/mol. The third-order valence-corrected chi connectivity index (χ3v) is 2.81. The number of fused-ring (bicyclic) bond motifs is 1. The summed E-state index contributed by atoms with van der Waals surface area (Å²) in [6.45, 7) is 6.43. The van der Waals surface area contributed by atoms with Crippen LogP contribution in [-0.4, -0.2) is 9.55 Å². The zero-order valence-electron chi connectivity index (χ0n) is 9.19. The largest absolute Gasteiger partial charge is 0.333 e. The highest BCUT2D eigenvalue weighted by atomic mass is 32.1. The third kappa shape index (κ3) is 1.79. The van der Waals surface area contributed by atoms with E-state index in [2.05, 4.69) is 30.3 Å². The van der Waals surface area contributed by atoms with Crippen molar-refractivity contribution < 1.29 is 0 Å². The van der Waals surface area contributed by atoms with Crippen LogP contribution in [0.25, 0.3) is 10.9 Å². The van der Waals surface area contributed by atoms with Gasteiger partial charge in [0.1, 0.15) is 4.64 Å². The molecule has 0 fully saturated rings. The van der Waals surface area contributed by atoms with Crippen LogP contribution in [0.15, 0.2) is 30.6 Å². The molecule has 0 unspecified atom stereocenters. The Labute approximate surface area is 94.6 Å². The fraction of sp³-hybridized carbons (Fsp3) is 0.333. The van der Waals surface area contributed by atoms with E-state index in [0.717, 1.165) is 15.5 Å². The molecule has 0 radical (unpaired) electrons. The van der Waals surface area contributed by atoms with Crippen molar-refractivity contribution in [1.29, 1.82) is 0 Å². The summed E-state index contributed by atoms with van der Waals surface area (Å²) in [5.74, 6) is 0. The van der Waals surface area contributed by atoms with Gasteiger partial charge < -0.3 is 4.57 Å².